The lowest BCUT2D eigenvalue weighted by molar-refractivity contribution is -0.121. The van der Waals surface area contributed by atoms with E-state index in [9.17, 15) is 4.79 Å². The second-order valence-electron chi connectivity index (χ2n) is 5.84. The van der Waals surface area contributed by atoms with Crippen molar-refractivity contribution in [3.63, 3.8) is 0 Å². The van der Waals surface area contributed by atoms with Crippen LogP contribution in [0.5, 0.6) is 5.75 Å². The molecule has 1 amide bonds. The molecule has 1 heterocycles. The van der Waals surface area contributed by atoms with E-state index in [1.807, 2.05) is 36.4 Å². The number of carbonyl (C=O) groups is 1. The number of benzene rings is 2. The standard InChI is InChI=1S/C20H18BrClN2O3/c1-26-17-7-6-13(10-15(17)21)11-23-19(25)8-9-20-24-12-18(27-20)14-4-2-3-5-16(14)22/h2-7,10,12H,8-9,11H2,1H3,(H,23,25). The van der Waals surface area contributed by atoms with Crippen LogP contribution < -0.4 is 10.1 Å². The van der Waals surface area contributed by atoms with Crippen LogP contribution in [-0.2, 0) is 17.8 Å². The first-order valence-electron chi connectivity index (χ1n) is 8.35. The summed E-state index contributed by atoms with van der Waals surface area (Å²) in [5.74, 6) is 1.79. The topological polar surface area (TPSA) is 64.4 Å². The van der Waals surface area contributed by atoms with Gasteiger partial charge in [0, 0.05) is 24.9 Å². The number of hydrogen-bond donors (Lipinski definition) is 1. The molecule has 140 valence electrons. The van der Waals surface area contributed by atoms with E-state index in [4.69, 9.17) is 20.8 Å². The van der Waals surface area contributed by atoms with Crippen LogP contribution in [-0.4, -0.2) is 18.0 Å². The number of methoxy groups -OCH3 is 1. The van der Waals surface area contributed by atoms with Gasteiger partial charge in [0.15, 0.2) is 11.7 Å². The molecule has 3 rings (SSSR count). The van der Waals surface area contributed by atoms with Gasteiger partial charge in [-0.3, -0.25) is 4.79 Å². The highest BCUT2D eigenvalue weighted by atomic mass is 79.9. The largest absolute Gasteiger partial charge is 0.496 e. The molecule has 0 aliphatic heterocycles. The van der Waals surface area contributed by atoms with Crippen LogP contribution >= 0.6 is 27.5 Å². The van der Waals surface area contributed by atoms with Crippen molar-refractivity contribution in [2.75, 3.05) is 7.11 Å². The van der Waals surface area contributed by atoms with Crippen molar-refractivity contribution in [1.82, 2.24) is 10.3 Å². The van der Waals surface area contributed by atoms with Crippen LogP contribution in [0.25, 0.3) is 11.3 Å². The third-order valence-corrected chi connectivity index (χ3v) is 4.91. The number of nitrogens with one attached hydrogen (secondary N) is 1. The van der Waals surface area contributed by atoms with Gasteiger partial charge in [-0.25, -0.2) is 4.98 Å². The Hall–Kier alpha value is -2.31. The Morgan fingerprint density at radius 2 is 2.11 bits per heavy atom. The molecule has 0 saturated heterocycles. The highest BCUT2D eigenvalue weighted by Crippen LogP contribution is 2.28. The predicted molar refractivity (Wildman–Crippen MR) is 108 cm³/mol. The minimum absolute atomic E-state index is 0.0700. The number of aromatic nitrogens is 1. The van der Waals surface area contributed by atoms with E-state index in [2.05, 4.69) is 26.2 Å². The van der Waals surface area contributed by atoms with Gasteiger partial charge in [0.1, 0.15) is 5.75 Å². The van der Waals surface area contributed by atoms with Crippen LogP contribution in [0, 0.1) is 0 Å². The Bertz CT molecular complexity index is 942. The molecule has 0 unspecified atom stereocenters. The molecule has 1 aromatic heterocycles. The second kappa shape index (κ2) is 9.06. The summed E-state index contributed by atoms with van der Waals surface area (Å²) in [7, 11) is 1.61. The van der Waals surface area contributed by atoms with Gasteiger partial charge in [-0.05, 0) is 45.8 Å². The van der Waals surface area contributed by atoms with Crippen LogP contribution in [0.15, 0.2) is 57.6 Å². The van der Waals surface area contributed by atoms with Crippen molar-refractivity contribution in [1.29, 1.82) is 0 Å². The normalized spacial score (nSPS) is 10.6. The van der Waals surface area contributed by atoms with Gasteiger partial charge in [-0.1, -0.05) is 29.8 Å². The average Bonchev–Trinajstić information content (AvgIpc) is 3.14. The van der Waals surface area contributed by atoms with Crippen molar-refractivity contribution in [2.45, 2.75) is 19.4 Å². The summed E-state index contributed by atoms with van der Waals surface area (Å²) in [6.07, 6.45) is 2.34. The monoisotopic (exact) mass is 448 g/mol. The van der Waals surface area contributed by atoms with E-state index in [-0.39, 0.29) is 5.91 Å². The number of ether oxygens (including phenoxy) is 1. The first kappa shape index (κ1) is 19.5. The zero-order chi connectivity index (χ0) is 19.2. The third kappa shape index (κ3) is 5.11. The summed E-state index contributed by atoms with van der Waals surface area (Å²) in [6, 6.07) is 13.1. The summed E-state index contributed by atoms with van der Waals surface area (Å²) in [5, 5.41) is 3.49. The third-order valence-electron chi connectivity index (χ3n) is 3.96. The van der Waals surface area contributed by atoms with Crippen molar-refractivity contribution in [2.24, 2.45) is 0 Å². The van der Waals surface area contributed by atoms with Crippen LogP contribution in [0.2, 0.25) is 5.02 Å². The van der Waals surface area contributed by atoms with Gasteiger partial charge < -0.3 is 14.5 Å². The molecule has 0 fully saturated rings. The highest BCUT2D eigenvalue weighted by molar-refractivity contribution is 9.10. The van der Waals surface area contributed by atoms with Crippen molar-refractivity contribution in [3.8, 4) is 17.1 Å². The molecular weight excluding hydrogens is 432 g/mol. The fourth-order valence-corrected chi connectivity index (χ4v) is 3.36. The minimum atomic E-state index is -0.0700. The maximum absolute atomic E-state index is 12.1. The fraction of sp³-hybridized carbons (Fsp3) is 0.200. The zero-order valence-corrected chi connectivity index (χ0v) is 17.0. The highest BCUT2D eigenvalue weighted by Gasteiger charge is 2.11. The van der Waals surface area contributed by atoms with E-state index >= 15 is 0 Å². The van der Waals surface area contributed by atoms with E-state index in [1.165, 1.54) is 0 Å². The maximum atomic E-state index is 12.1. The second-order valence-corrected chi connectivity index (χ2v) is 7.11. The number of rotatable bonds is 7. The fourth-order valence-electron chi connectivity index (χ4n) is 2.54. The van der Waals surface area contributed by atoms with E-state index in [1.54, 1.807) is 19.4 Å². The average molecular weight is 450 g/mol. The van der Waals surface area contributed by atoms with Crippen LogP contribution in [0.1, 0.15) is 17.9 Å². The summed E-state index contributed by atoms with van der Waals surface area (Å²) in [5.41, 5.74) is 1.76. The molecule has 5 nitrogen and oxygen atoms in total. The summed E-state index contributed by atoms with van der Waals surface area (Å²) < 4.78 is 11.8. The first-order valence-corrected chi connectivity index (χ1v) is 9.52. The Morgan fingerprint density at radius 1 is 1.30 bits per heavy atom. The molecule has 2 aromatic carbocycles. The zero-order valence-electron chi connectivity index (χ0n) is 14.7. The van der Waals surface area contributed by atoms with Crippen molar-refractivity contribution >= 4 is 33.4 Å². The molecule has 0 spiro atoms. The number of nitrogens with zero attached hydrogens (tertiary/aromatic N) is 1. The number of carbonyl (C=O) groups excluding carboxylic acids is 1. The number of oxazole rings is 1. The first-order chi connectivity index (χ1) is 13.1. The molecule has 1 N–H and O–H groups in total. The minimum Gasteiger partial charge on any atom is -0.496 e. The molecular formula is C20H18BrClN2O3. The quantitative estimate of drug-likeness (QED) is 0.550. The van der Waals surface area contributed by atoms with E-state index in [0.29, 0.717) is 36.1 Å². The van der Waals surface area contributed by atoms with Crippen molar-refractivity contribution in [3.05, 3.63) is 69.6 Å². The van der Waals surface area contributed by atoms with Gasteiger partial charge in [-0.2, -0.15) is 0 Å². The van der Waals surface area contributed by atoms with Gasteiger partial charge >= 0.3 is 0 Å². The molecule has 0 atom stereocenters. The predicted octanol–water partition coefficient (Wildman–Crippen LogP) is 5.02. The lowest BCUT2D eigenvalue weighted by atomic mass is 10.2. The lowest BCUT2D eigenvalue weighted by Crippen LogP contribution is -2.23. The summed E-state index contributed by atoms with van der Waals surface area (Å²) >= 11 is 9.60. The molecule has 0 aliphatic rings. The number of halogens is 2. The number of amides is 1. The number of hydrogen-bond acceptors (Lipinski definition) is 4. The van der Waals surface area contributed by atoms with Crippen molar-refractivity contribution < 1.29 is 13.9 Å². The Balaban J connectivity index is 1.51. The molecule has 0 radical (unpaired) electrons. The Kier molecular flexibility index (Phi) is 6.53. The smallest absolute Gasteiger partial charge is 0.220 e. The van der Waals surface area contributed by atoms with E-state index in [0.717, 1.165) is 21.3 Å². The molecule has 7 heteroatoms. The lowest BCUT2D eigenvalue weighted by Gasteiger charge is -2.07. The van der Waals surface area contributed by atoms with Gasteiger partial charge in [0.2, 0.25) is 5.91 Å². The molecule has 0 bridgehead atoms. The Morgan fingerprint density at radius 3 is 2.85 bits per heavy atom. The molecule has 3 aromatic rings. The molecule has 0 saturated carbocycles. The summed E-state index contributed by atoms with van der Waals surface area (Å²) in [4.78, 5) is 16.3. The SMILES string of the molecule is COc1ccc(CNC(=O)CCc2ncc(-c3ccccc3Cl)o2)cc1Br. The van der Waals surface area contributed by atoms with Crippen LogP contribution in [0.4, 0.5) is 0 Å². The maximum Gasteiger partial charge on any atom is 0.220 e. The van der Waals surface area contributed by atoms with E-state index < -0.39 is 0 Å². The molecule has 0 aliphatic carbocycles. The Labute approximate surface area is 170 Å². The van der Waals surface area contributed by atoms with Gasteiger partial charge in [0.05, 0.1) is 22.8 Å². The summed E-state index contributed by atoms with van der Waals surface area (Å²) in [6.45, 7) is 0.442. The molecule has 27 heavy (non-hydrogen) atoms. The number of aryl methyl sites for hydroxylation is 1. The van der Waals surface area contributed by atoms with Crippen LogP contribution in [0.3, 0.4) is 0 Å². The van der Waals surface area contributed by atoms with Gasteiger partial charge in [0.25, 0.3) is 0 Å². The van der Waals surface area contributed by atoms with Gasteiger partial charge in [-0.15, -0.1) is 0 Å².